The highest BCUT2D eigenvalue weighted by atomic mass is 35.5. The van der Waals surface area contributed by atoms with Crippen molar-refractivity contribution in [2.24, 2.45) is 5.14 Å². The van der Waals surface area contributed by atoms with E-state index in [1.165, 1.54) is 36.4 Å². The monoisotopic (exact) mass is 510 g/mol. The van der Waals surface area contributed by atoms with E-state index in [1.54, 1.807) is 24.3 Å². The van der Waals surface area contributed by atoms with Crippen LogP contribution in [0.2, 0.25) is 0 Å². The Bertz CT molecular complexity index is 1440. The molecule has 3 aromatic rings. The Morgan fingerprint density at radius 3 is 2.06 bits per heavy atom. The predicted octanol–water partition coefficient (Wildman–Crippen LogP) is 3.02. The molecular formula is C24H19ClN4O5S. The maximum Gasteiger partial charge on any atom is 0.279 e. The molecule has 0 radical (unpaired) electrons. The molecule has 4 rings (SSSR count). The number of carbonyl (C=O) groups excluding carboxylic acids is 3. The number of hydrogen-bond acceptors (Lipinski definition) is 6. The third kappa shape index (κ3) is 5.40. The first kappa shape index (κ1) is 24.1. The van der Waals surface area contributed by atoms with Crippen LogP contribution in [-0.4, -0.2) is 31.0 Å². The van der Waals surface area contributed by atoms with Crippen molar-refractivity contribution < 1.29 is 22.8 Å². The van der Waals surface area contributed by atoms with Crippen LogP contribution in [0.1, 0.15) is 15.9 Å². The molecule has 0 saturated carbocycles. The standard InChI is InChI=1S/C24H19ClN4O5S/c25-20-21(24(32)29(23(20)31)14-15-4-2-1-3-5-15)27-17-8-6-16(7-9-17)22(30)28-18-10-12-19(13-11-18)35(26,33)34/h1-13,27H,14H2,(H,28,30)(H2,26,33,34). The predicted molar refractivity (Wildman–Crippen MR) is 131 cm³/mol. The minimum atomic E-state index is -3.83. The van der Waals surface area contributed by atoms with Crippen LogP contribution in [-0.2, 0) is 26.2 Å². The Balaban J connectivity index is 1.42. The summed E-state index contributed by atoms with van der Waals surface area (Å²) in [6.45, 7) is 0.0944. The molecule has 4 N–H and O–H groups in total. The fourth-order valence-corrected chi connectivity index (χ4v) is 4.09. The van der Waals surface area contributed by atoms with E-state index in [-0.39, 0.29) is 22.2 Å². The van der Waals surface area contributed by atoms with Gasteiger partial charge in [-0.05, 0) is 54.1 Å². The second kappa shape index (κ2) is 9.71. The summed E-state index contributed by atoms with van der Waals surface area (Å²) in [5, 5.41) is 10.4. The van der Waals surface area contributed by atoms with E-state index in [4.69, 9.17) is 16.7 Å². The van der Waals surface area contributed by atoms with E-state index >= 15 is 0 Å². The van der Waals surface area contributed by atoms with Crippen molar-refractivity contribution >= 4 is 50.7 Å². The Morgan fingerprint density at radius 2 is 1.46 bits per heavy atom. The van der Waals surface area contributed by atoms with E-state index in [0.29, 0.717) is 16.9 Å². The lowest BCUT2D eigenvalue weighted by molar-refractivity contribution is -0.138. The van der Waals surface area contributed by atoms with Crippen LogP contribution in [0.3, 0.4) is 0 Å². The Morgan fingerprint density at radius 1 is 0.857 bits per heavy atom. The second-order valence-electron chi connectivity index (χ2n) is 7.60. The number of primary sulfonamides is 1. The topological polar surface area (TPSA) is 139 Å². The molecule has 0 spiro atoms. The van der Waals surface area contributed by atoms with Gasteiger partial charge in [0, 0.05) is 16.9 Å². The van der Waals surface area contributed by atoms with Gasteiger partial charge in [-0.15, -0.1) is 0 Å². The SMILES string of the molecule is NS(=O)(=O)c1ccc(NC(=O)c2ccc(NC3=C(Cl)C(=O)N(Cc4ccccc4)C3=O)cc2)cc1. The van der Waals surface area contributed by atoms with Crippen LogP contribution >= 0.6 is 11.6 Å². The molecule has 0 aliphatic carbocycles. The first-order valence-corrected chi connectivity index (χ1v) is 12.2. The molecule has 1 aliphatic heterocycles. The van der Waals surface area contributed by atoms with Gasteiger partial charge in [-0.2, -0.15) is 0 Å². The molecule has 11 heteroatoms. The molecular weight excluding hydrogens is 492 g/mol. The van der Waals surface area contributed by atoms with Crippen molar-refractivity contribution in [3.05, 3.63) is 101 Å². The lowest BCUT2D eigenvalue weighted by Crippen LogP contribution is -2.31. The van der Waals surface area contributed by atoms with Crippen molar-refractivity contribution in [3.63, 3.8) is 0 Å². The number of nitrogens with two attached hydrogens (primary N) is 1. The normalized spacial score (nSPS) is 13.8. The lowest BCUT2D eigenvalue weighted by Gasteiger charge is -2.15. The number of imide groups is 1. The maximum atomic E-state index is 12.8. The van der Waals surface area contributed by atoms with Crippen LogP contribution < -0.4 is 15.8 Å². The van der Waals surface area contributed by atoms with E-state index in [9.17, 15) is 22.8 Å². The summed E-state index contributed by atoms with van der Waals surface area (Å²) in [5.74, 6) is -1.57. The number of halogens is 1. The van der Waals surface area contributed by atoms with Gasteiger partial charge >= 0.3 is 0 Å². The van der Waals surface area contributed by atoms with Crippen LogP contribution in [0.25, 0.3) is 0 Å². The van der Waals surface area contributed by atoms with Crippen LogP contribution in [0.5, 0.6) is 0 Å². The molecule has 9 nitrogen and oxygen atoms in total. The number of hydrogen-bond donors (Lipinski definition) is 3. The fraction of sp³-hybridized carbons (Fsp3) is 0.0417. The van der Waals surface area contributed by atoms with E-state index in [1.807, 2.05) is 18.2 Å². The number of benzene rings is 3. The number of nitrogens with zero attached hydrogens (tertiary/aromatic N) is 1. The Labute approximate surface area is 206 Å². The molecule has 3 amide bonds. The zero-order valence-electron chi connectivity index (χ0n) is 18.1. The van der Waals surface area contributed by atoms with Gasteiger partial charge in [-0.1, -0.05) is 41.9 Å². The first-order chi connectivity index (χ1) is 16.6. The molecule has 35 heavy (non-hydrogen) atoms. The van der Waals surface area contributed by atoms with Gasteiger partial charge < -0.3 is 10.6 Å². The number of amides is 3. The molecule has 1 heterocycles. The summed E-state index contributed by atoms with van der Waals surface area (Å²) in [6, 6.07) is 20.7. The highest BCUT2D eigenvalue weighted by Gasteiger charge is 2.37. The fourth-order valence-electron chi connectivity index (χ4n) is 3.34. The number of anilines is 2. The molecule has 0 fully saturated rings. The van der Waals surface area contributed by atoms with Crippen LogP contribution in [0.4, 0.5) is 11.4 Å². The van der Waals surface area contributed by atoms with Gasteiger partial charge in [0.2, 0.25) is 10.0 Å². The molecule has 0 aromatic heterocycles. The number of sulfonamides is 1. The Kier molecular flexibility index (Phi) is 6.70. The van der Waals surface area contributed by atoms with Gasteiger partial charge in [0.25, 0.3) is 17.7 Å². The molecule has 0 unspecified atom stereocenters. The highest BCUT2D eigenvalue weighted by molar-refractivity contribution is 7.89. The average molecular weight is 511 g/mol. The van der Waals surface area contributed by atoms with Crippen molar-refractivity contribution in [1.82, 2.24) is 4.90 Å². The van der Waals surface area contributed by atoms with Crippen molar-refractivity contribution in [2.75, 3.05) is 10.6 Å². The summed E-state index contributed by atoms with van der Waals surface area (Å²) < 4.78 is 22.7. The zero-order valence-corrected chi connectivity index (χ0v) is 19.6. The van der Waals surface area contributed by atoms with Gasteiger partial charge in [0.05, 0.1) is 11.4 Å². The summed E-state index contributed by atoms with van der Waals surface area (Å²) in [4.78, 5) is 38.8. The number of carbonyl (C=O) groups is 3. The second-order valence-corrected chi connectivity index (χ2v) is 9.54. The summed E-state index contributed by atoms with van der Waals surface area (Å²) in [5.41, 5.74) is 1.89. The van der Waals surface area contributed by atoms with Crippen molar-refractivity contribution in [2.45, 2.75) is 11.4 Å². The summed E-state index contributed by atoms with van der Waals surface area (Å²) >= 11 is 6.14. The van der Waals surface area contributed by atoms with E-state index in [2.05, 4.69) is 10.6 Å². The third-order valence-corrected chi connectivity index (χ3v) is 6.43. The van der Waals surface area contributed by atoms with Gasteiger partial charge in [0.1, 0.15) is 10.7 Å². The minimum Gasteiger partial charge on any atom is -0.350 e. The van der Waals surface area contributed by atoms with Crippen LogP contribution in [0, 0.1) is 0 Å². The zero-order chi connectivity index (χ0) is 25.2. The summed E-state index contributed by atoms with van der Waals surface area (Å²) in [7, 11) is -3.83. The molecule has 3 aromatic carbocycles. The largest absolute Gasteiger partial charge is 0.350 e. The van der Waals surface area contributed by atoms with Crippen LogP contribution in [0.15, 0.2) is 94.5 Å². The maximum absolute atomic E-state index is 12.8. The van der Waals surface area contributed by atoms with Gasteiger partial charge in [-0.25, -0.2) is 13.6 Å². The lowest BCUT2D eigenvalue weighted by atomic mass is 10.2. The molecule has 178 valence electrons. The molecule has 1 aliphatic rings. The van der Waals surface area contributed by atoms with Crippen molar-refractivity contribution in [3.8, 4) is 0 Å². The number of nitrogens with one attached hydrogen (secondary N) is 2. The number of rotatable bonds is 7. The van der Waals surface area contributed by atoms with Gasteiger partial charge in [-0.3, -0.25) is 19.3 Å². The Hall–Kier alpha value is -3.99. The average Bonchev–Trinajstić information content (AvgIpc) is 3.03. The third-order valence-electron chi connectivity index (χ3n) is 5.15. The van der Waals surface area contributed by atoms with Gasteiger partial charge in [0.15, 0.2) is 0 Å². The minimum absolute atomic E-state index is 0.0419. The molecule has 0 saturated heterocycles. The molecule has 0 atom stereocenters. The smallest absolute Gasteiger partial charge is 0.279 e. The first-order valence-electron chi connectivity index (χ1n) is 10.2. The van der Waals surface area contributed by atoms with E-state index in [0.717, 1.165) is 10.5 Å². The summed E-state index contributed by atoms with van der Waals surface area (Å²) in [6.07, 6.45) is 0. The quantitative estimate of drug-likeness (QED) is 0.417. The highest BCUT2D eigenvalue weighted by Crippen LogP contribution is 2.27. The van der Waals surface area contributed by atoms with Crippen molar-refractivity contribution in [1.29, 1.82) is 0 Å². The van der Waals surface area contributed by atoms with E-state index < -0.39 is 27.7 Å². The molecule has 0 bridgehead atoms.